The van der Waals surface area contributed by atoms with Crippen LogP contribution in [0.3, 0.4) is 0 Å². The molecule has 0 saturated carbocycles. The number of hydrogen-bond acceptors (Lipinski definition) is 3. The van der Waals surface area contributed by atoms with Gasteiger partial charge in [-0.25, -0.2) is 13.8 Å². The van der Waals surface area contributed by atoms with Crippen LogP contribution < -0.4 is 4.74 Å². The molecule has 0 saturated heterocycles. The average molecular weight is 338 g/mol. The third-order valence-corrected chi connectivity index (χ3v) is 3.01. The van der Waals surface area contributed by atoms with Gasteiger partial charge in [-0.3, -0.25) is 4.98 Å². The quantitative estimate of drug-likeness (QED) is 0.704. The largest absolute Gasteiger partial charge is 0.481 e. The Morgan fingerprint density at radius 2 is 1.75 bits per heavy atom. The molecule has 0 spiro atoms. The van der Waals surface area contributed by atoms with Crippen LogP contribution in [0.15, 0.2) is 36.5 Å². The van der Waals surface area contributed by atoms with E-state index >= 15 is 0 Å². The van der Waals surface area contributed by atoms with Gasteiger partial charge in [0.15, 0.2) is 0 Å². The summed E-state index contributed by atoms with van der Waals surface area (Å²) >= 11 is 0. The minimum atomic E-state index is -2.42. The van der Waals surface area contributed by atoms with Gasteiger partial charge in [-0.15, -0.1) is 0 Å². The number of aromatic nitrogens is 2. The van der Waals surface area contributed by atoms with Gasteiger partial charge in [-0.05, 0) is 30.5 Å². The SMILES string of the molecule is CC.CC(C)c1ncccc1C(F)F.CCc1cccc(OC)n1. The van der Waals surface area contributed by atoms with Gasteiger partial charge in [-0.1, -0.05) is 40.7 Å². The van der Waals surface area contributed by atoms with Crippen molar-refractivity contribution in [3.63, 3.8) is 0 Å². The summed E-state index contributed by atoms with van der Waals surface area (Å²) in [5, 5.41) is 0. The van der Waals surface area contributed by atoms with Crippen molar-refractivity contribution in [1.82, 2.24) is 9.97 Å². The lowest BCUT2D eigenvalue weighted by atomic mass is 10.0. The third-order valence-electron chi connectivity index (χ3n) is 3.01. The van der Waals surface area contributed by atoms with Crippen LogP contribution in [-0.4, -0.2) is 17.1 Å². The zero-order valence-corrected chi connectivity index (χ0v) is 15.4. The van der Waals surface area contributed by atoms with E-state index in [2.05, 4.69) is 16.9 Å². The fraction of sp³-hybridized carbons (Fsp3) is 0.474. The van der Waals surface area contributed by atoms with E-state index in [1.165, 1.54) is 12.1 Å². The van der Waals surface area contributed by atoms with Gasteiger partial charge in [0, 0.05) is 23.5 Å². The van der Waals surface area contributed by atoms with Crippen molar-refractivity contribution in [3.05, 3.63) is 53.5 Å². The van der Waals surface area contributed by atoms with Crippen LogP contribution in [0, 0.1) is 0 Å². The summed E-state index contributed by atoms with van der Waals surface area (Å²) in [5.74, 6) is 0.745. The Morgan fingerprint density at radius 3 is 2.21 bits per heavy atom. The lowest BCUT2D eigenvalue weighted by Crippen LogP contribution is -1.99. The molecule has 0 bridgehead atoms. The summed E-state index contributed by atoms with van der Waals surface area (Å²) in [6, 6.07) is 8.74. The average Bonchev–Trinajstić information content (AvgIpc) is 2.63. The number of aryl methyl sites for hydroxylation is 1. The zero-order valence-electron chi connectivity index (χ0n) is 15.4. The fourth-order valence-corrected chi connectivity index (χ4v) is 1.87. The molecule has 0 fully saturated rings. The number of hydrogen-bond donors (Lipinski definition) is 0. The van der Waals surface area contributed by atoms with E-state index in [1.807, 2.05) is 45.9 Å². The highest BCUT2D eigenvalue weighted by atomic mass is 19.3. The second-order valence-electron chi connectivity index (χ2n) is 4.96. The zero-order chi connectivity index (χ0) is 18.5. The minimum absolute atomic E-state index is 0.0486. The molecule has 0 aliphatic carbocycles. The van der Waals surface area contributed by atoms with Crippen LogP contribution in [0.25, 0.3) is 0 Å². The monoisotopic (exact) mass is 338 g/mol. The Balaban J connectivity index is 0.000000405. The van der Waals surface area contributed by atoms with E-state index < -0.39 is 6.43 Å². The lowest BCUT2D eigenvalue weighted by molar-refractivity contribution is 0.149. The van der Waals surface area contributed by atoms with E-state index in [0.717, 1.165) is 12.1 Å². The van der Waals surface area contributed by atoms with Crippen LogP contribution in [-0.2, 0) is 6.42 Å². The first-order chi connectivity index (χ1) is 11.5. The van der Waals surface area contributed by atoms with Crippen LogP contribution >= 0.6 is 0 Å². The van der Waals surface area contributed by atoms with Crippen LogP contribution in [0.5, 0.6) is 5.88 Å². The summed E-state index contributed by atoms with van der Waals surface area (Å²) < 4.78 is 29.6. The van der Waals surface area contributed by atoms with Gasteiger partial charge in [0.05, 0.1) is 12.8 Å². The third kappa shape index (κ3) is 7.49. The Hall–Kier alpha value is -2.04. The molecule has 0 atom stereocenters. The molecule has 2 aromatic heterocycles. The Morgan fingerprint density at radius 1 is 1.08 bits per heavy atom. The second-order valence-corrected chi connectivity index (χ2v) is 4.96. The number of methoxy groups -OCH3 is 1. The summed E-state index contributed by atoms with van der Waals surface area (Å²) in [6.07, 6.45) is 0.0781. The van der Waals surface area contributed by atoms with E-state index in [1.54, 1.807) is 13.3 Å². The van der Waals surface area contributed by atoms with Crippen molar-refractivity contribution in [2.75, 3.05) is 7.11 Å². The molecule has 0 N–H and O–H groups in total. The van der Waals surface area contributed by atoms with Crippen LogP contribution in [0.1, 0.15) is 63.9 Å². The highest BCUT2D eigenvalue weighted by molar-refractivity contribution is 5.23. The first-order valence-electron chi connectivity index (χ1n) is 8.22. The van der Waals surface area contributed by atoms with Crippen molar-refractivity contribution in [3.8, 4) is 5.88 Å². The molecule has 0 radical (unpaired) electrons. The fourth-order valence-electron chi connectivity index (χ4n) is 1.87. The van der Waals surface area contributed by atoms with Gasteiger partial charge >= 0.3 is 0 Å². The Bertz CT molecular complexity index is 529. The van der Waals surface area contributed by atoms with Gasteiger partial charge in [-0.2, -0.15) is 0 Å². The predicted octanol–water partition coefficient (Wildman–Crippen LogP) is 5.82. The number of ether oxygens (including phenoxy) is 1. The number of nitrogens with zero attached hydrogens (tertiary/aromatic N) is 2. The Labute approximate surface area is 144 Å². The van der Waals surface area contributed by atoms with Crippen molar-refractivity contribution < 1.29 is 13.5 Å². The summed E-state index contributed by atoms with van der Waals surface area (Å²) in [5.41, 5.74) is 1.61. The topological polar surface area (TPSA) is 35.0 Å². The molecular weight excluding hydrogens is 310 g/mol. The molecule has 0 aromatic carbocycles. The summed E-state index contributed by atoms with van der Waals surface area (Å²) in [6.45, 7) is 9.78. The number of pyridine rings is 2. The maximum Gasteiger partial charge on any atom is 0.265 e. The van der Waals surface area contributed by atoms with Crippen molar-refractivity contribution in [1.29, 1.82) is 0 Å². The van der Waals surface area contributed by atoms with Crippen molar-refractivity contribution >= 4 is 0 Å². The first kappa shape index (κ1) is 22.0. The van der Waals surface area contributed by atoms with Crippen molar-refractivity contribution in [2.45, 2.75) is 53.4 Å². The molecule has 0 aliphatic rings. The van der Waals surface area contributed by atoms with Gasteiger partial charge in [0.25, 0.3) is 6.43 Å². The summed E-state index contributed by atoms with van der Waals surface area (Å²) in [4.78, 5) is 8.11. The maximum atomic E-state index is 12.3. The first-order valence-corrected chi connectivity index (χ1v) is 8.22. The maximum absolute atomic E-state index is 12.3. The second kappa shape index (κ2) is 12.4. The van der Waals surface area contributed by atoms with Gasteiger partial charge in [0.2, 0.25) is 5.88 Å². The normalized spacial score (nSPS) is 9.75. The molecule has 0 amide bonds. The number of alkyl halides is 2. The van der Waals surface area contributed by atoms with E-state index in [4.69, 9.17) is 4.74 Å². The molecule has 0 aliphatic heterocycles. The molecule has 2 rings (SSSR count). The van der Waals surface area contributed by atoms with Crippen molar-refractivity contribution in [2.24, 2.45) is 0 Å². The van der Waals surface area contributed by atoms with E-state index in [-0.39, 0.29) is 11.5 Å². The summed E-state index contributed by atoms with van der Waals surface area (Å²) in [7, 11) is 1.63. The molecule has 0 unspecified atom stereocenters. The van der Waals surface area contributed by atoms with E-state index in [0.29, 0.717) is 11.6 Å². The Kier molecular flexibility index (Phi) is 11.3. The molecule has 3 nitrogen and oxygen atoms in total. The molecular formula is C19H28F2N2O. The van der Waals surface area contributed by atoms with Crippen LogP contribution in [0.2, 0.25) is 0 Å². The predicted molar refractivity (Wildman–Crippen MR) is 94.8 cm³/mol. The molecule has 24 heavy (non-hydrogen) atoms. The minimum Gasteiger partial charge on any atom is -0.481 e. The van der Waals surface area contributed by atoms with E-state index in [9.17, 15) is 8.78 Å². The molecule has 2 heterocycles. The van der Waals surface area contributed by atoms with Crippen LogP contribution in [0.4, 0.5) is 8.78 Å². The standard InChI is InChI=1S/C9H11F2N.C8H11NO.C2H6/c1-6(2)8-7(9(10)11)4-3-5-12-8;1-3-7-5-4-6-8(9-7)10-2;1-2/h3-6,9H,1-2H3;4-6H,3H2,1-2H3;1-2H3. The molecule has 5 heteroatoms. The smallest absolute Gasteiger partial charge is 0.265 e. The number of halogens is 2. The molecule has 134 valence electrons. The van der Waals surface area contributed by atoms with Gasteiger partial charge < -0.3 is 4.74 Å². The highest BCUT2D eigenvalue weighted by Crippen LogP contribution is 2.25. The van der Waals surface area contributed by atoms with Gasteiger partial charge in [0.1, 0.15) is 0 Å². The number of rotatable bonds is 4. The highest BCUT2D eigenvalue weighted by Gasteiger charge is 2.14. The molecule has 2 aromatic rings. The lowest BCUT2D eigenvalue weighted by Gasteiger charge is -2.09.